The van der Waals surface area contributed by atoms with Crippen LogP contribution in [0.4, 0.5) is 5.69 Å². The topological polar surface area (TPSA) is 76.1 Å². The molecule has 0 bridgehead atoms. The van der Waals surface area contributed by atoms with Crippen LogP contribution in [0.25, 0.3) is 6.08 Å². The molecule has 0 atom stereocenters. The van der Waals surface area contributed by atoms with Crippen LogP contribution in [0.1, 0.15) is 12.5 Å². The minimum atomic E-state index is -1.07. The van der Waals surface area contributed by atoms with E-state index in [2.05, 4.69) is 0 Å². The number of carbonyl (C=O) groups is 2. The maximum Gasteiger partial charge on any atom is 0.341 e. The molecule has 1 aliphatic rings. The lowest BCUT2D eigenvalue weighted by molar-refractivity contribution is -0.139. The first-order chi connectivity index (χ1) is 13.5. The fourth-order valence-corrected chi connectivity index (χ4v) is 3.86. The van der Waals surface area contributed by atoms with Gasteiger partial charge in [0.05, 0.1) is 17.2 Å². The van der Waals surface area contributed by atoms with Crippen molar-refractivity contribution in [3.05, 3.63) is 59.0 Å². The van der Waals surface area contributed by atoms with Gasteiger partial charge in [0.25, 0.3) is 5.91 Å². The zero-order chi connectivity index (χ0) is 20.1. The summed E-state index contributed by atoms with van der Waals surface area (Å²) in [6, 6.07) is 14.3. The number of thiocarbonyl (C=S) groups is 1. The second-order valence-corrected chi connectivity index (χ2v) is 7.35. The Morgan fingerprint density at radius 1 is 1.18 bits per heavy atom. The van der Waals surface area contributed by atoms with E-state index in [0.717, 1.165) is 11.3 Å². The zero-order valence-electron chi connectivity index (χ0n) is 15.0. The normalized spacial score (nSPS) is 15.2. The number of benzene rings is 2. The van der Waals surface area contributed by atoms with Crippen molar-refractivity contribution >= 4 is 51.9 Å². The number of carboxylic acids is 1. The summed E-state index contributed by atoms with van der Waals surface area (Å²) in [5, 5.41) is 8.78. The summed E-state index contributed by atoms with van der Waals surface area (Å²) in [4.78, 5) is 25.5. The van der Waals surface area contributed by atoms with Gasteiger partial charge in [0.1, 0.15) is 0 Å². The number of nitrogens with zero attached hydrogens (tertiary/aromatic N) is 1. The van der Waals surface area contributed by atoms with Crippen molar-refractivity contribution < 1.29 is 24.2 Å². The Kier molecular flexibility index (Phi) is 6.33. The molecule has 144 valence electrons. The van der Waals surface area contributed by atoms with E-state index in [1.807, 2.05) is 37.3 Å². The number of hydrogen-bond acceptors (Lipinski definition) is 6. The quantitative estimate of drug-likeness (QED) is 0.542. The Bertz CT molecular complexity index is 943. The Balaban J connectivity index is 1.86. The predicted molar refractivity (Wildman–Crippen MR) is 113 cm³/mol. The van der Waals surface area contributed by atoms with Crippen LogP contribution < -0.4 is 14.4 Å². The molecule has 1 saturated heterocycles. The third kappa shape index (κ3) is 4.52. The third-order valence-electron chi connectivity index (χ3n) is 3.72. The summed E-state index contributed by atoms with van der Waals surface area (Å²) in [5.74, 6) is -0.518. The van der Waals surface area contributed by atoms with Crippen molar-refractivity contribution in [2.75, 3.05) is 18.1 Å². The smallest absolute Gasteiger partial charge is 0.341 e. The molecule has 8 heteroatoms. The van der Waals surface area contributed by atoms with Gasteiger partial charge in [-0.3, -0.25) is 9.69 Å². The molecule has 28 heavy (non-hydrogen) atoms. The van der Waals surface area contributed by atoms with Crippen LogP contribution in [-0.2, 0) is 9.59 Å². The van der Waals surface area contributed by atoms with E-state index < -0.39 is 12.6 Å². The Morgan fingerprint density at radius 3 is 2.61 bits per heavy atom. The Morgan fingerprint density at radius 2 is 1.93 bits per heavy atom. The number of amides is 1. The molecule has 1 heterocycles. The summed E-state index contributed by atoms with van der Waals surface area (Å²) in [6.07, 6.45) is 1.73. The van der Waals surface area contributed by atoms with Crippen LogP contribution in [0.3, 0.4) is 0 Å². The standard InChI is InChI=1S/C20H17NO5S2/c1-2-25-16-10-13(8-9-15(16)26-12-18(22)23)11-17-19(24)21(20(27)28-17)14-6-4-3-5-7-14/h3-11H,2,12H2,1H3,(H,22,23)/b17-11+. The molecule has 3 rings (SSSR count). The van der Waals surface area contributed by atoms with Crippen molar-refractivity contribution in [3.8, 4) is 11.5 Å². The van der Waals surface area contributed by atoms with E-state index >= 15 is 0 Å². The summed E-state index contributed by atoms with van der Waals surface area (Å²) in [6.45, 7) is 1.75. The molecule has 1 N–H and O–H groups in total. The van der Waals surface area contributed by atoms with Crippen molar-refractivity contribution in [2.24, 2.45) is 0 Å². The largest absolute Gasteiger partial charge is 0.490 e. The molecule has 1 fully saturated rings. The van der Waals surface area contributed by atoms with Crippen LogP contribution in [-0.4, -0.2) is 34.5 Å². The van der Waals surface area contributed by atoms with Gasteiger partial charge in [-0.25, -0.2) is 4.79 Å². The third-order valence-corrected chi connectivity index (χ3v) is 5.03. The first-order valence-corrected chi connectivity index (χ1v) is 9.66. The summed E-state index contributed by atoms with van der Waals surface area (Å²) < 4.78 is 11.2. The van der Waals surface area contributed by atoms with Crippen LogP contribution in [0.2, 0.25) is 0 Å². The Hall–Kier alpha value is -2.84. The fraction of sp³-hybridized carbons (Fsp3) is 0.150. The number of aliphatic carboxylic acids is 1. The zero-order valence-corrected chi connectivity index (χ0v) is 16.6. The number of ether oxygens (including phenoxy) is 2. The first-order valence-electron chi connectivity index (χ1n) is 8.44. The number of hydrogen-bond donors (Lipinski definition) is 1. The molecule has 1 aliphatic heterocycles. The monoisotopic (exact) mass is 415 g/mol. The van der Waals surface area contributed by atoms with Crippen molar-refractivity contribution in [2.45, 2.75) is 6.92 Å². The number of thioether (sulfide) groups is 1. The minimum absolute atomic E-state index is 0.189. The van der Waals surface area contributed by atoms with Crippen LogP contribution in [0.5, 0.6) is 11.5 Å². The molecule has 0 aromatic heterocycles. The van der Waals surface area contributed by atoms with Crippen LogP contribution >= 0.6 is 24.0 Å². The SMILES string of the molecule is CCOc1cc(/C=C2/SC(=S)N(c3ccccc3)C2=O)ccc1OCC(=O)O. The molecule has 1 amide bonds. The highest BCUT2D eigenvalue weighted by Gasteiger charge is 2.33. The van der Waals surface area contributed by atoms with E-state index in [9.17, 15) is 9.59 Å². The van der Waals surface area contributed by atoms with Crippen molar-refractivity contribution in [1.29, 1.82) is 0 Å². The van der Waals surface area contributed by atoms with Gasteiger partial charge in [-0.05, 0) is 42.8 Å². The second kappa shape index (κ2) is 8.90. The highest BCUT2D eigenvalue weighted by Crippen LogP contribution is 2.37. The predicted octanol–water partition coefficient (Wildman–Crippen LogP) is 3.95. The molecule has 0 saturated carbocycles. The lowest BCUT2D eigenvalue weighted by Crippen LogP contribution is -2.27. The number of rotatable bonds is 7. The average Bonchev–Trinajstić information content (AvgIpc) is 2.95. The van der Waals surface area contributed by atoms with E-state index in [-0.39, 0.29) is 5.91 Å². The van der Waals surface area contributed by atoms with Crippen molar-refractivity contribution in [3.63, 3.8) is 0 Å². The minimum Gasteiger partial charge on any atom is -0.490 e. The van der Waals surface area contributed by atoms with Gasteiger partial charge in [-0.1, -0.05) is 48.2 Å². The van der Waals surface area contributed by atoms with Crippen LogP contribution in [0, 0.1) is 0 Å². The summed E-state index contributed by atoms with van der Waals surface area (Å²) in [5.41, 5.74) is 1.44. The van der Waals surface area contributed by atoms with E-state index in [4.69, 9.17) is 26.8 Å². The molecular weight excluding hydrogens is 398 g/mol. The van der Waals surface area contributed by atoms with E-state index in [1.54, 1.807) is 24.3 Å². The summed E-state index contributed by atoms with van der Waals surface area (Å²) >= 11 is 6.60. The van der Waals surface area contributed by atoms with Crippen LogP contribution in [0.15, 0.2) is 53.4 Å². The molecule has 0 unspecified atom stereocenters. The lowest BCUT2D eigenvalue weighted by atomic mass is 10.1. The van der Waals surface area contributed by atoms with Crippen molar-refractivity contribution in [1.82, 2.24) is 0 Å². The van der Waals surface area contributed by atoms with Gasteiger partial charge in [-0.2, -0.15) is 0 Å². The van der Waals surface area contributed by atoms with Gasteiger partial charge in [0.2, 0.25) is 0 Å². The number of para-hydroxylation sites is 1. The fourth-order valence-electron chi connectivity index (χ4n) is 2.56. The molecular formula is C20H17NO5S2. The maximum absolute atomic E-state index is 12.8. The second-order valence-electron chi connectivity index (χ2n) is 5.67. The van der Waals surface area contributed by atoms with Gasteiger partial charge in [0, 0.05) is 0 Å². The highest BCUT2D eigenvalue weighted by atomic mass is 32.2. The van der Waals surface area contributed by atoms with Gasteiger partial charge in [0.15, 0.2) is 22.4 Å². The molecule has 2 aromatic rings. The molecule has 0 radical (unpaired) electrons. The Labute approximate surface area is 171 Å². The van der Waals surface area contributed by atoms with Gasteiger partial charge in [-0.15, -0.1) is 0 Å². The number of carbonyl (C=O) groups excluding carboxylic acids is 1. The summed E-state index contributed by atoms with van der Waals surface area (Å²) in [7, 11) is 0. The average molecular weight is 415 g/mol. The highest BCUT2D eigenvalue weighted by molar-refractivity contribution is 8.27. The van der Waals surface area contributed by atoms with E-state index in [0.29, 0.717) is 27.3 Å². The number of carboxylic acid groups (broad SMARTS) is 1. The van der Waals surface area contributed by atoms with Gasteiger partial charge < -0.3 is 14.6 Å². The molecule has 0 aliphatic carbocycles. The lowest BCUT2D eigenvalue weighted by Gasteiger charge is -2.14. The first kappa shape index (κ1) is 19.9. The van der Waals surface area contributed by atoms with E-state index in [1.165, 1.54) is 16.7 Å². The number of anilines is 1. The maximum atomic E-state index is 12.8. The molecule has 2 aromatic carbocycles. The molecule has 0 spiro atoms. The van der Waals surface area contributed by atoms with Gasteiger partial charge >= 0.3 is 5.97 Å². The molecule has 6 nitrogen and oxygen atoms in total.